The van der Waals surface area contributed by atoms with Crippen LogP contribution < -0.4 is 4.74 Å². The maximum atomic E-state index is 11.8. The number of methoxy groups -OCH3 is 1. The van der Waals surface area contributed by atoms with Gasteiger partial charge in [0.2, 0.25) is 0 Å². The molecule has 0 heterocycles. The van der Waals surface area contributed by atoms with Crippen molar-refractivity contribution in [1.82, 2.24) is 0 Å². The van der Waals surface area contributed by atoms with Gasteiger partial charge in [0, 0.05) is 18.4 Å². The predicted octanol–water partition coefficient (Wildman–Crippen LogP) is 8.00. The van der Waals surface area contributed by atoms with Gasteiger partial charge in [-0.25, -0.2) is 0 Å². The summed E-state index contributed by atoms with van der Waals surface area (Å²) in [6, 6.07) is 11.2. The molecule has 208 valence electrons. The highest BCUT2D eigenvalue weighted by atomic mass is 28.4. The van der Waals surface area contributed by atoms with Crippen LogP contribution in [0.15, 0.2) is 24.3 Å². The molecular formula is C29H54O5Si2. The van der Waals surface area contributed by atoms with E-state index in [1.807, 2.05) is 24.3 Å². The average Bonchev–Trinajstić information content (AvgIpc) is 2.83. The molecule has 0 saturated carbocycles. The Morgan fingerprint density at radius 1 is 0.889 bits per heavy atom. The first-order valence-electron chi connectivity index (χ1n) is 13.7. The van der Waals surface area contributed by atoms with Gasteiger partial charge in [0.15, 0.2) is 16.6 Å². The van der Waals surface area contributed by atoms with Gasteiger partial charge >= 0.3 is 0 Å². The smallest absolute Gasteiger partial charge is 0.192 e. The van der Waals surface area contributed by atoms with E-state index in [4.69, 9.17) is 18.3 Å². The van der Waals surface area contributed by atoms with E-state index in [1.54, 1.807) is 7.11 Å². The van der Waals surface area contributed by atoms with Crippen molar-refractivity contribution in [1.29, 1.82) is 0 Å². The topological polar surface area (TPSA) is 54.0 Å². The highest BCUT2D eigenvalue weighted by molar-refractivity contribution is 6.74. The first-order valence-corrected chi connectivity index (χ1v) is 19.2. The molecule has 0 spiro atoms. The molecule has 1 rings (SSSR count). The van der Waals surface area contributed by atoms with Crippen LogP contribution in [0.5, 0.6) is 5.75 Å². The zero-order valence-corrected chi connectivity index (χ0v) is 27.0. The van der Waals surface area contributed by atoms with Crippen LogP contribution in [-0.2, 0) is 25.0 Å². The Bertz CT molecular complexity index is 759. The molecule has 0 unspecified atom stereocenters. The number of carbonyl (C=O) groups is 1. The zero-order chi connectivity index (χ0) is 27.6. The molecule has 2 atom stereocenters. The summed E-state index contributed by atoms with van der Waals surface area (Å²) in [5.41, 5.74) is 0.779. The molecule has 0 N–H and O–H groups in total. The molecule has 1 aromatic rings. The minimum absolute atomic E-state index is 0.0727. The molecule has 1 aromatic carbocycles. The molecule has 0 bridgehead atoms. The van der Waals surface area contributed by atoms with Crippen LogP contribution in [0, 0.1) is 5.41 Å². The van der Waals surface area contributed by atoms with Crippen molar-refractivity contribution < 1.29 is 23.1 Å². The van der Waals surface area contributed by atoms with Crippen molar-refractivity contribution in [3.05, 3.63) is 29.8 Å². The van der Waals surface area contributed by atoms with Crippen LogP contribution in [0.2, 0.25) is 36.3 Å². The highest BCUT2D eigenvalue weighted by Crippen LogP contribution is 2.43. The standard InChI is InChI=1S/C29H54O5Si2/c1-12-36(13-2,14-3)34-26(19-21-30)29(7,8)27(33-35(10,11)28(4,5)6)20-22-32-23-24-15-17-25(31-9)18-16-24/h15-18,21,26-27H,12-14,19-20,22-23H2,1-11H3/t26-,27-/m0/s1. The lowest BCUT2D eigenvalue weighted by Crippen LogP contribution is -2.54. The van der Waals surface area contributed by atoms with Gasteiger partial charge in [-0.2, -0.15) is 0 Å². The first kappa shape index (κ1) is 33.0. The molecule has 0 saturated heterocycles. The fourth-order valence-electron chi connectivity index (χ4n) is 4.32. The number of rotatable bonds is 17. The molecular weight excluding hydrogens is 484 g/mol. The monoisotopic (exact) mass is 538 g/mol. The maximum absolute atomic E-state index is 11.8. The Morgan fingerprint density at radius 3 is 1.89 bits per heavy atom. The van der Waals surface area contributed by atoms with Gasteiger partial charge in [0.1, 0.15) is 12.0 Å². The van der Waals surface area contributed by atoms with E-state index in [0.29, 0.717) is 19.6 Å². The molecule has 0 aliphatic heterocycles. The summed E-state index contributed by atoms with van der Waals surface area (Å²) in [4.78, 5) is 11.8. The van der Waals surface area contributed by atoms with E-state index in [0.717, 1.165) is 42.2 Å². The van der Waals surface area contributed by atoms with Crippen molar-refractivity contribution in [2.45, 2.75) is 123 Å². The second-order valence-corrected chi connectivity index (χ2v) is 21.6. The number of carbonyl (C=O) groups excluding carboxylic acids is 1. The van der Waals surface area contributed by atoms with Crippen LogP contribution in [-0.4, -0.2) is 48.8 Å². The Hall–Kier alpha value is -0.996. The number of ether oxygens (including phenoxy) is 2. The van der Waals surface area contributed by atoms with E-state index in [-0.39, 0.29) is 22.7 Å². The summed E-state index contributed by atoms with van der Waals surface area (Å²) in [5.74, 6) is 0.843. The van der Waals surface area contributed by atoms with Gasteiger partial charge in [-0.15, -0.1) is 0 Å². The minimum Gasteiger partial charge on any atom is -0.497 e. The molecule has 36 heavy (non-hydrogen) atoms. The molecule has 5 nitrogen and oxygen atoms in total. The molecule has 0 aromatic heterocycles. The largest absolute Gasteiger partial charge is 0.497 e. The van der Waals surface area contributed by atoms with Gasteiger partial charge < -0.3 is 23.1 Å². The number of aldehydes is 1. The second-order valence-electron chi connectivity index (χ2n) is 12.1. The van der Waals surface area contributed by atoms with E-state index in [1.165, 1.54) is 0 Å². The number of hydrogen-bond acceptors (Lipinski definition) is 5. The summed E-state index contributed by atoms with van der Waals surface area (Å²) < 4.78 is 25.4. The summed E-state index contributed by atoms with van der Waals surface area (Å²) >= 11 is 0. The van der Waals surface area contributed by atoms with Crippen molar-refractivity contribution in [3.63, 3.8) is 0 Å². The van der Waals surface area contributed by atoms with Crippen LogP contribution in [0.4, 0.5) is 0 Å². The molecule has 0 radical (unpaired) electrons. The molecule has 0 amide bonds. The lowest BCUT2D eigenvalue weighted by Gasteiger charge is -2.48. The van der Waals surface area contributed by atoms with Gasteiger partial charge in [0.25, 0.3) is 0 Å². The lowest BCUT2D eigenvalue weighted by molar-refractivity contribution is -0.113. The van der Waals surface area contributed by atoms with Crippen molar-refractivity contribution in [2.24, 2.45) is 5.41 Å². The Morgan fingerprint density at radius 2 is 1.44 bits per heavy atom. The van der Waals surface area contributed by atoms with Crippen LogP contribution in [0.3, 0.4) is 0 Å². The predicted molar refractivity (Wildman–Crippen MR) is 156 cm³/mol. The first-order chi connectivity index (χ1) is 16.7. The average molecular weight is 539 g/mol. The Kier molecular flexibility index (Phi) is 13.1. The van der Waals surface area contributed by atoms with E-state index >= 15 is 0 Å². The molecule has 7 heteroatoms. The molecule has 0 aliphatic rings. The number of benzene rings is 1. The van der Waals surface area contributed by atoms with Crippen molar-refractivity contribution in [3.8, 4) is 5.75 Å². The summed E-state index contributed by atoms with van der Waals surface area (Å²) in [7, 11) is -2.30. The second kappa shape index (κ2) is 14.2. The van der Waals surface area contributed by atoms with Gasteiger partial charge in [-0.05, 0) is 60.4 Å². The summed E-state index contributed by atoms with van der Waals surface area (Å²) in [6.07, 6.45) is 1.93. The fraction of sp³-hybridized carbons (Fsp3) is 0.759. The lowest BCUT2D eigenvalue weighted by atomic mass is 9.78. The van der Waals surface area contributed by atoms with Crippen LogP contribution >= 0.6 is 0 Å². The third-order valence-corrected chi connectivity index (χ3v) is 17.6. The van der Waals surface area contributed by atoms with Gasteiger partial charge in [-0.3, -0.25) is 0 Å². The highest BCUT2D eigenvalue weighted by Gasteiger charge is 2.47. The van der Waals surface area contributed by atoms with E-state index in [2.05, 4.69) is 68.5 Å². The van der Waals surface area contributed by atoms with E-state index < -0.39 is 16.6 Å². The zero-order valence-electron chi connectivity index (χ0n) is 25.0. The normalized spacial score (nSPS) is 15.0. The van der Waals surface area contributed by atoms with Crippen LogP contribution in [0.1, 0.15) is 73.8 Å². The fourth-order valence-corrected chi connectivity index (χ4v) is 8.81. The molecule has 0 aliphatic carbocycles. The van der Waals surface area contributed by atoms with E-state index in [9.17, 15) is 4.79 Å². The van der Waals surface area contributed by atoms with Crippen molar-refractivity contribution >= 4 is 22.9 Å². The summed E-state index contributed by atoms with van der Waals surface area (Å²) in [5, 5.41) is 0.0844. The van der Waals surface area contributed by atoms with Crippen molar-refractivity contribution in [2.75, 3.05) is 13.7 Å². The Labute approximate surface area is 223 Å². The Balaban J connectivity index is 3.14. The number of hydrogen-bond donors (Lipinski definition) is 0. The van der Waals surface area contributed by atoms with Gasteiger partial charge in [-0.1, -0.05) is 67.5 Å². The summed E-state index contributed by atoms with van der Waals surface area (Å²) in [6.45, 7) is 23.7. The minimum atomic E-state index is -2.07. The third kappa shape index (κ3) is 9.08. The third-order valence-electron chi connectivity index (χ3n) is 8.49. The SMILES string of the molecule is CC[Si](CC)(CC)O[C@@H](CC=O)C(C)(C)[C@H](CCOCc1ccc(OC)cc1)O[Si](C)(C)C(C)(C)C. The van der Waals surface area contributed by atoms with Crippen LogP contribution in [0.25, 0.3) is 0 Å². The molecule has 0 fully saturated rings. The maximum Gasteiger partial charge on any atom is 0.192 e. The quantitative estimate of drug-likeness (QED) is 0.114. The van der Waals surface area contributed by atoms with Gasteiger partial charge in [0.05, 0.1) is 25.9 Å².